The molecular weight excluding hydrogens is 985 g/mol. The SMILES string of the molecule is CCCCCCCCCCCCCCCC(=O)OC[C@H](CSCC(OC(C)=O)C(=O)NCc1ccc(C(=O)N[C@@H](CCC(=O)OC(C)(C)C)C(=O)OC(C)(C)C)cc1)OC(=O)CCCCCCCCCCCCCCC. The first-order chi connectivity index (χ1) is 36.2. The molecule has 0 aliphatic rings. The molecule has 3 atom stereocenters. The van der Waals surface area contributed by atoms with Crippen LogP contribution in [-0.4, -0.2) is 89.2 Å². The van der Waals surface area contributed by atoms with Crippen LogP contribution in [0, 0.1) is 0 Å². The Morgan fingerprint density at radius 1 is 0.526 bits per heavy atom. The maximum absolute atomic E-state index is 13.4. The van der Waals surface area contributed by atoms with Crippen molar-refractivity contribution in [3.8, 4) is 0 Å². The fraction of sp³-hybridized carbons (Fsp3) is 0.787. The first kappa shape index (κ1) is 69.9. The molecule has 0 spiro atoms. The third-order valence-electron chi connectivity index (χ3n) is 12.6. The number of nitrogens with one attached hydrogen (secondary N) is 2. The summed E-state index contributed by atoms with van der Waals surface area (Å²) in [7, 11) is 0. The van der Waals surface area contributed by atoms with Crippen LogP contribution in [0.1, 0.15) is 271 Å². The molecule has 436 valence electrons. The minimum atomic E-state index is -1.17. The van der Waals surface area contributed by atoms with Gasteiger partial charge in [-0.2, -0.15) is 11.8 Å². The molecule has 2 amide bonds. The smallest absolute Gasteiger partial charge is 0.329 e. The number of rotatable bonds is 45. The third-order valence-corrected chi connectivity index (χ3v) is 13.8. The van der Waals surface area contributed by atoms with Gasteiger partial charge in [-0.05, 0) is 78.5 Å². The van der Waals surface area contributed by atoms with Crippen molar-refractivity contribution < 1.29 is 57.2 Å². The highest BCUT2D eigenvalue weighted by atomic mass is 32.2. The van der Waals surface area contributed by atoms with Gasteiger partial charge in [0.25, 0.3) is 11.8 Å². The largest absolute Gasteiger partial charge is 0.462 e. The van der Waals surface area contributed by atoms with Crippen LogP contribution < -0.4 is 10.6 Å². The molecule has 0 aromatic heterocycles. The lowest BCUT2D eigenvalue weighted by Gasteiger charge is -2.25. The lowest BCUT2D eigenvalue weighted by molar-refractivity contribution is -0.159. The van der Waals surface area contributed by atoms with E-state index in [0.717, 1.165) is 38.5 Å². The zero-order valence-corrected chi connectivity index (χ0v) is 49.7. The van der Waals surface area contributed by atoms with E-state index in [9.17, 15) is 33.6 Å². The first-order valence-corrected chi connectivity index (χ1v) is 30.6. The van der Waals surface area contributed by atoms with Crippen LogP contribution in [0.2, 0.25) is 0 Å². The van der Waals surface area contributed by atoms with Crippen molar-refractivity contribution in [1.29, 1.82) is 0 Å². The van der Waals surface area contributed by atoms with Crippen molar-refractivity contribution >= 4 is 53.4 Å². The van der Waals surface area contributed by atoms with Crippen molar-refractivity contribution in [1.82, 2.24) is 10.6 Å². The summed E-state index contributed by atoms with van der Waals surface area (Å²) in [5.41, 5.74) is -0.654. The fourth-order valence-corrected chi connectivity index (χ4v) is 9.46. The summed E-state index contributed by atoms with van der Waals surface area (Å²) in [6, 6.07) is 5.26. The second kappa shape index (κ2) is 42.8. The maximum Gasteiger partial charge on any atom is 0.329 e. The minimum absolute atomic E-state index is 0.0280. The summed E-state index contributed by atoms with van der Waals surface area (Å²) in [4.78, 5) is 90.3. The zero-order valence-electron chi connectivity index (χ0n) is 48.9. The van der Waals surface area contributed by atoms with Crippen LogP contribution >= 0.6 is 11.8 Å². The average molecular weight is 1090 g/mol. The molecule has 0 saturated heterocycles. The topological polar surface area (TPSA) is 190 Å². The van der Waals surface area contributed by atoms with Crippen LogP contribution in [0.4, 0.5) is 0 Å². The van der Waals surface area contributed by atoms with Gasteiger partial charge in [-0.1, -0.05) is 180 Å². The predicted octanol–water partition coefficient (Wildman–Crippen LogP) is 13.9. The number of amides is 2. The molecule has 1 unspecified atom stereocenters. The Morgan fingerprint density at radius 3 is 1.42 bits per heavy atom. The molecule has 0 aliphatic heterocycles. The van der Waals surface area contributed by atoms with Crippen molar-refractivity contribution in [3.05, 3.63) is 35.4 Å². The second-order valence-corrected chi connectivity index (χ2v) is 23.6. The van der Waals surface area contributed by atoms with Gasteiger partial charge in [0.15, 0.2) is 6.10 Å². The Labute approximate surface area is 463 Å². The van der Waals surface area contributed by atoms with Gasteiger partial charge in [-0.3, -0.25) is 28.8 Å². The van der Waals surface area contributed by atoms with Gasteiger partial charge < -0.3 is 34.3 Å². The number of esters is 5. The summed E-state index contributed by atoms with van der Waals surface area (Å²) in [5, 5.41) is 5.48. The molecule has 0 heterocycles. The summed E-state index contributed by atoms with van der Waals surface area (Å²) < 4.78 is 27.8. The predicted molar refractivity (Wildman–Crippen MR) is 305 cm³/mol. The van der Waals surface area contributed by atoms with Gasteiger partial charge >= 0.3 is 29.8 Å². The van der Waals surface area contributed by atoms with Gasteiger partial charge in [-0.15, -0.1) is 0 Å². The standard InChI is InChI=1S/C61H104N2O12S/c1-10-12-14-16-18-20-22-24-26-28-30-32-34-36-54(65)71-45-51(73-55(66)37-35-33-31-29-27-25-23-21-19-17-15-13-11-2)46-76-47-53(72-48(3)64)58(69)62-44-49-38-40-50(41-39-49)57(68)63-52(59(70)75-61(7,8)9)42-43-56(67)74-60(4,5)6/h38-41,51-53H,10-37,42-47H2,1-9H3,(H,62,69)(H,63,68)/t51-,52+,53?/m1/s1. The lowest BCUT2D eigenvalue weighted by atomic mass is 10.0. The number of carbonyl (C=O) groups excluding carboxylic acids is 7. The summed E-state index contributed by atoms with van der Waals surface area (Å²) in [6.07, 6.45) is 29.8. The van der Waals surface area contributed by atoms with Crippen molar-refractivity contribution in [2.24, 2.45) is 0 Å². The van der Waals surface area contributed by atoms with Crippen LogP contribution in [0.5, 0.6) is 0 Å². The van der Waals surface area contributed by atoms with E-state index in [0.29, 0.717) is 18.4 Å². The molecule has 15 heteroatoms. The van der Waals surface area contributed by atoms with Gasteiger partial charge in [-0.25, -0.2) is 4.79 Å². The molecule has 0 saturated carbocycles. The number of hydrogen-bond donors (Lipinski definition) is 2. The number of ether oxygens (including phenoxy) is 5. The number of thioether (sulfide) groups is 1. The molecule has 0 radical (unpaired) electrons. The molecule has 14 nitrogen and oxygen atoms in total. The van der Waals surface area contributed by atoms with E-state index in [1.54, 1.807) is 65.8 Å². The third kappa shape index (κ3) is 40.1. The summed E-state index contributed by atoms with van der Waals surface area (Å²) in [5.74, 6) is -3.38. The number of benzene rings is 1. The highest BCUT2D eigenvalue weighted by Crippen LogP contribution is 2.19. The molecule has 2 N–H and O–H groups in total. The lowest BCUT2D eigenvalue weighted by Crippen LogP contribution is -2.44. The van der Waals surface area contributed by atoms with Crippen molar-refractivity contribution in [3.63, 3.8) is 0 Å². The van der Waals surface area contributed by atoms with Crippen molar-refractivity contribution in [2.45, 2.75) is 291 Å². The van der Waals surface area contributed by atoms with E-state index in [1.807, 2.05) is 0 Å². The summed E-state index contributed by atoms with van der Waals surface area (Å²) >= 11 is 1.25. The Balaban J connectivity index is 2.79. The van der Waals surface area contributed by atoms with E-state index in [1.165, 1.54) is 141 Å². The first-order valence-electron chi connectivity index (χ1n) is 29.4. The van der Waals surface area contributed by atoms with Gasteiger partial charge in [0.1, 0.15) is 30.0 Å². The summed E-state index contributed by atoms with van der Waals surface area (Å²) in [6.45, 7) is 16.0. The van der Waals surface area contributed by atoms with Gasteiger partial charge in [0, 0.05) is 49.8 Å². The monoisotopic (exact) mass is 1090 g/mol. The van der Waals surface area contributed by atoms with Crippen LogP contribution in [0.15, 0.2) is 24.3 Å². The Hall–Kier alpha value is -4.14. The van der Waals surface area contributed by atoms with Crippen LogP contribution in [0.25, 0.3) is 0 Å². The van der Waals surface area contributed by atoms with E-state index < -0.39 is 59.2 Å². The molecule has 0 aliphatic carbocycles. The van der Waals surface area contributed by atoms with Crippen LogP contribution in [-0.2, 0) is 59.0 Å². The highest BCUT2D eigenvalue weighted by Gasteiger charge is 2.29. The highest BCUT2D eigenvalue weighted by molar-refractivity contribution is 7.99. The maximum atomic E-state index is 13.4. The molecule has 0 fully saturated rings. The normalized spacial score (nSPS) is 12.8. The van der Waals surface area contributed by atoms with E-state index in [-0.39, 0.29) is 61.4 Å². The number of hydrogen-bond acceptors (Lipinski definition) is 13. The van der Waals surface area contributed by atoms with E-state index in [4.69, 9.17) is 23.7 Å². The Bertz CT molecular complexity index is 1760. The van der Waals surface area contributed by atoms with Crippen molar-refractivity contribution in [2.75, 3.05) is 18.1 Å². The molecule has 1 aromatic rings. The Kier molecular flexibility index (Phi) is 39.4. The molecule has 0 bridgehead atoms. The van der Waals surface area contributed by atoms with E-state index in [2.05, 4.69) is 24.5 Å². The molecule has 1 aromatic carbocycles. The van der Waals surface area contributed by atoms with Crippen LogP contribution in [0.3, 0.4) is 0 Å². The molecular formula is C61H104N2O12S. The number of carbonyl (C=O) groups is 7. The average Bonchev–Trinajstić information content (AvgIpc) is 3.35. The van der Waals surface area contributed by atoms with Gasteiger partial charge in [0.05, 0.1) is 0 Å². The minimum Gasteiger partial charge on any atom is -0.462 e. The molecule has 1 rings (SSSR count). The van der Waals surface area contributed by atoms with E-state index >= 15 is 0 Å². The second-order valence-electron chi connectivity index (χ2n) is 22.5. The fourth-order valence-electron chi connectivity index (χ4n) is 8.46. The number of unbranched alkanes of at least 4 members (excludes halogenated alkanes) is 24. The Morgan fingerprint density at radius 2 is 0.974 bits per heavy atom. The molecule has 76 heavy (non-hydrogen) atoms. The zero-order chi connectivity index (χ0) is 56.5. The van der Waals surface area contributed by atoms with Gasteiger partial charge in [0.2, 0.25) is 0 Å². The quantitative estimate of drug-likeness (QED) is 0.0357.